The van der Waals surface area contributed by atoms with E-state index in [9.17, 15) is 0 Å². The zero-order valence-corrected chi connectivity index (χ0v) is 14.4. The topological polar surface area (TPSA) is 15.3 Å². The third kappa shape index (κ3) is 3.76. The fraction of sp³-hybridized carbons (Fsp3) is 1.00. The average molecular weight is 281 g/mol. The molecule has 20 heavy (non-hydrogen) atoms. The van der Waals surface area contributed by atoms with Gasteiger partial charge in [-0.05, 0) is 56.4 Å². The fourth-order valence-corrected chi connectivity index (χ4v) is 4.61. The Balaban J connectivity index is 2.03. The maximum atomic E-state index is 3.49. The molecule has 0 aromatic heterocycles. The zero-order chi connectivity index (χ0) is 14.8. The molecule has 1 saturated carbocycles. The van der Waals surface area contributed by atoms with Gasteiger partial charge in [0.05, 0.1) is 0 Å². The largest absolute Gasteiger partial charge is 0.319 e. The van der Waals surface area contributed by atoms with E-state index >= 15 is 0 Å². The summed E-state index contributed by atoms with van der Waals surface area (Å²) >= 11 is 0. The van der Waals surface area contributed by atoms with E-state index in [1.54, 1.807) is 0 Å². The number of likely N-dealkylation sites (tertiary alicyclic amines) is 1. The lowest BCUT2D eigenvalue weighted by molar-refractivity contribution is 0.0159. The standard InChI is InChI=1S/C18H36N2/c1-14-6-8-18(9-7-14,12-19-5)13-20-11-15(2)10-16(3)17(20)4/h14-17,19H,6-13H2,1-5H3. The van der Waals surface area contributed by atoms with Gasteiger partial charge in [-0.15, -0.1) is 0 Å². The van der Waals surface area contributed by atoms with Crippen LogP contribution < -0.4 is 5.32 Å². The van der Waals surface area contributed by atoms with Crippen molar-refractivity contribution in [2.24, 2.45) is 23.2 Å². The maximum Gasteiger partial charge on any atom is 0.00930 e. The van der Waals surface area contributed by atoms with E-state index in [1.807, 2.05) is 0 Å². The molecule has 3 atom stereocenters. The van der Waals surface area contributed by atoms with Gasteiger partial charge >= 0.3 is 0 Å². The lowest BCUT2D eigenvalue weighted by Crippen LogP contribution is -2.53. The molecule has 0 amide bonds. The number of piperidine rings is 1. The molecule has 2 fully saturated rings. The van der Waals surface area contributed by atoms with Crippen molar-refractivity contribution in [3.63, 3.8) is 0 Å². The van der Waals surface area contributed by atoms with Gasteiger partial charge in [0.1, 0.15) is 0 Å². The highest BCUT2D eigenvalue weighted by Gasteiger charge is 2.38. The SMILES string of the molecule is CNCC1(CN2CC(C)CC(C)C2C)CCC(C)CC1. The lowest BCUT2D eigenvalue weighted by Gasteiger charge is -2.48. The predicted octanol–water partition coefficient (Wildman–Crippen LogP) is 3.77. The molecular formula is C18H36N2. The molecule has 118 valence electrons. The van der Waals surface area contributed by atoms with Crippen LogP contribution >= 0.6 is 0 Å². The van der Waals surface area contributed by atoms with E-state index in [0.29, 0.717) is 5.41 Å². The summed E-state index contributed by atoms with van der Waals surface area (Å²) in [4.78, 5) is 2.81. The van der Waals surface area contributed by atoms with Crippen molar-refractivity contribution in [3.05, 3.63) is 0 Å². The molecule has 0 aromatic rings. The van der Waals surface area contributed by atoms with Crippen molar-refractivity contribution in [3.8, 4) is 0 Å². The summed E-state index contributed by atoms with van der Waals surface area (Å²) in [6, 6.07) is 0.763. The molecule has 3 unspecified atom stereocenters. The first-order valence-corrected chi connectivity index (χ1v) is 8.84. The first kappa shape index (κ1) is 16.3. The van der Waals surface area contributed by atoms with Gasteiger partial charge in [-0.3, -0.25) is 4.90 Å². The summed E-state index contributed by atoms with van der Waals surface area (Å²) in [7, 11) is 2.13. The van der Waals surface area contributed by atoms with Gasteiger partial charge in [0, 0.05) is 25.7 Å². The zero-order valence-electron chi connectivity index (χ0n) is 14.4. The molecule has 0 aromatic carbocycles. The van der Waals surface area contributed by atoms with Gasteiger partial charge in [0.2, 0.25) is 0 Å². The normalized spacial score (nSPS) is 43.6. The van der Waals surface area contributed by atoms with Gasteiger partial charge < -0.3 is 5.32 Å². The van der Waals surface area contributed by atoms with Crippen LogP contribution in [0.15, 0.2) is 0 Å². The first-order valence-electron chi connectivity index (χ1n) is 8.84. The Labute approximate surface area is 126 Å². The molecule has 0 bridgehead atoms. The second-order valence-electron chi connectivity index (χ2n) is 8.20. The van der Waals surface area contributed by atoms with Gasteiger partial charge in [0.25, 0.3) is 0 Å². The summed E-state index contributed by atoms with van der Waals surface area (Å²) in [6.07, 6.45) is 7.10. The molecule has 2 aliphatic rings. The van der Waals surface area contributed by atoms with Crippen LogP contribution in [-0.2, 0) is 0 Å². The summed E-state index contributed by atoms with van der Waals surface area (Å²) in [5.41, 5.74) is 0.534. The molecule has 2 heteroatoms. The van der Waals surface area contributed by atoms with Crippen molar-refractivity contribution in [1.82, 2.24) is 10.2 Å². The van der Waals surface area contributed by atoms with Crippen LogP contribution in [0.3, 0.4) is 0 Å². The van der Waals surface area contributed by atoms with Gasteiger partial charge in [-0.2, -0.15) is 0 Å². The molecule has 0 radical (unpaired) electrons. The Bertz CT molecular complexity index is 294. The van der Waals surface area contributed by atoms with Crippen LogP contribution in [0.2, 0.25) is 0 Å². The lowest BCUT2D eigenvalue weighted by atomic mass is 9.69. The third-order valence-electron chi connectivity index (χ3n) is 6.15. The van der Waals surface area contributed by atoms with Crippen molar-refractivity contribution >= 4 is 0 Å². The van der Waals surface area contributed by atoms with E-state index < -0.39 is 0 Å². The van der Waals surface area contributed by atoms with E-state index in [4.69, 9.17) is 0 Å². The number of nitrogens with one attached hydrogen (secondary N) is 1. The molecule has 1 aliphatic heterocycles. The van der Waals surface area contributed by atoms with Crippen LogP contribution in [0.1, 0.15) is 59.8 Å². The number of nitrogens with zero attached hydrogens (tertiary/aromatic N) is 1. The molecule has 1 heterocycles. The monoisotopic (exact) mass is 280 g/mol. The van der Waals surface area contributed by atoms with Gasteiger partial charge in [-0.1, -0.05) is 33.6 Å². The minimum Gasteiger partial charge on any atom is -0.319 e. The van der Waals surface area contributed by atoms with Crippen molar-refractivity contribution < 1.29 is 0 Å². The maximum absolute atomic E-state index is 3.49. The third-order valence-corrected chi connectivity index (χ3v) is 6.15. The average Bonchev–Trinajstić information content (AvgIpc) is 2.39. The second kappa shape index (κ2) is 6.79. The molecule has 1 aliphatic carbocycles. The molecule has 1 saturated heterocycles. The van der Waals surface area contributed by atoms with Gasteiger partial charge in [0.15, 0.2) is 0 Å². The summed E-state index contributed by atoms with van der Waals surface area (Å²) in [5, 5.41) is 3.49. The Kier molecular flexibility index (Phi) is 5.53. The van der Waals surface area contributed by atoms with Crippen LogP contribution in [-0.4, -0.2) is 37.6 Å². The van der Waals surface area contributed by atoms with E-state index in [0.717, 1.165) is 23.8 Å². The van der Waals surface area contributed by atoms with Gasteiger partial charge in [-0.25, -0.2) is 0 Å². The van der Waals surface area contributed by atoms with E-state index in [2.05, 4.69) is 45.0 Å². The van der Waals surface area contributed by atoms with Crippen LogP contribution in [0.4, 0.5) is 0 Å². The van der Waals surface area contributed by atoms with Crippen LogP contribution in [0, 0.1) is 23.2 Å². The fourth-order valence-electron chi connectivity index (χ4n) is 4.61. The summed E-state index contributed by atoms with van der Waals surface area (Å²) in [5.74, 6) is 2.67. The van der Waals surface area contributed by atoms with E-state index in [1.165, 1.54) is 51.7 Å². The molecule has 2 nitrogen and oxygen atoms in total. The highest BCUT2D eigenvalue weighted by atomic mass is 15.2. The van der Waals surface area contributed by atoms with Crippen molar-refractivity contribution in [2.45, 2.75) is 65.8 Å². The van der Waals surface area contributed by atoms with Crippen LogP contribution in [0.25, 0.3) is 0 Å². The molecular weight excluding hydrogens is 244 g/mol. The van der Waals surface area contributed by atoms with Crippen molar-refractivity contribution in [2.75, 3.05) is 26.7 Å². The van der Waals surface area contributed by atoms with Crippen molar-refractivity contribution in [1.29, 1.82) is 0 Å². The first-order chi connectivity index (χ1) is 9.46. The summed E-state index contributed by atoms with van der Waals surface area (Å²) < 4.78 is 0. The minimum absolute atomic E-state index is 0.534. The number of rotatable bonds is 4. The van der Waals surface area contributed by atoms with Crippen LogP contribution in [0.5, 0.6) is 0 Å². The number of hydrogen-bond donors (Lipinski definition) is 1. The number of hydrogen-bond acceptors (Lipinski definition) is 2. The highest BCUT2D eigenvalue weighted by molar-refractivity contribution is 4.92. The van der Waals surface area contributed by atoms with E-state index in [-0.39, 0.29) is 0 Å². The Morgan fingerprint density at radius 3 is 2.30 bits per heavy atom. The minimum atomic E-state index is 0.534. The molecule has 2 rings (SSSR count). The summed E-state index contributed by atoms with van der Waals surface area (Å²) in [6.45, 7) is 13.6. The Morgan fingerprint density at radius 1 is 1.05 bits per heavy atom. The smallest absolute Gasteiger partial charge is 0.00930 e. The Morgan fingerprint density at radius 2 is 1.70 bits per heavy atom. The Hall–Kier alpha value is -0.0800. The molecule has 0 spiro atoms. The molecule has 1 N–H and O–H groups in total. The highest BCUT2D eigenvalue weighted by Crippen LogP contribution is 2.41. The second-order valence-corrected chi connectivity index (χ2v) is 8.20. The quantitative estimate of drug-likeness (QED) is 0.843. The predicted molar refractivity (Wildman–Crippen MR) is 88.0 cm³/mol.